The van der Waals surface area contributed by atoms with Crippen LogP contribution in [0.25, 0.3) is 0 Å². The van der Waals surface area contributed by atoms with Crippen molar-refractivity contribution >= 4 is 27.3 Å². The average molecular weight is 261 g/mol. The molecule has 1 aliphatic rings. The summed E-state index contributed by atoms with van der Waals surface area (Å²) in [6.45, 7) is 3.33. The van der Waals surface area contributed by atoms with E-state index < -0.39 is 0 Å². The lowest BCUT2D eigenvalue weighted by Crippen LogP contribution is -2.20. The maximum Gasteiger partial charge on any atom is 0.110 e. The van der Waals surface area contributed by atoms with Crippen molar-refractivity contribution in [1.82, 2.24) is 10.3 Å². The zero-order chi connectivity index (χ0) is 9.26. The molecule has 0 aromatic carbocycles. The van der Waals surface area contributed by atoms with Crippen LogP contribution in [0.4, 0.5) is 0 Å². The van der Waals surface area contributed by atoms with Crippen LogP contribution in [0.5, 0.6) is 0 Å². The third-order valence-electron chi connectivity index (χ3n) is 2.28. The molecule has 1 atom stereocenters. The fourth-order valence-electron chi connectivity index (χ4n) is 1.22. The molecule has 13 heavy (non-hydrogen) atoms. The summed E-state index contributed by atoms with van der Waals surface area (Å²) in [4.78, 5) is 4.32. The molecule has 72 valence electrons. The van der Waals surface area contributed by atoms with Crippen LogP contribution in [0.15, 0.2) is 9.98 Å². The molecule has 1 heterocycles. The summed E-state index contributed by atoms with van der Waals surface area (Å²) in [5.41, 5.74) is 0. The van der Waals surface area contributed by atoms with E-state index in [0.717, 1.165) is 16.2 Å². The second-order valence-corrected chi connectivity index (χ2v) is 6.02. The van der Waals surface area contributed by atoms with Gasteiger partial charge in [-0.05, 0) is 48.2 Å². The molecule has 0 aliphatic heterocycles. The molecule has 4 heteroatoms. The highest BCUT2D eigenvalue weighted by Crippen LogP contribution is 2.29. The summed E-state index contributed by atoms with van der Waals surface area (Å²) in [5, 5.41) is 4.67. The Morgan fingerprint density at radius 3 is 3.08 bits per heavy atom. The van der Waals surface area contributed by atoms with Gasteiger partial charge in [-0.2, -0.15) is 0 Å². The maximum absolute atomic E-state index is 4.32. The van der Waals surface area contributed by atoms with Crippen molar-refractivity contribution in [1.29, 1.82) is 0 Å². The van der Waals surface area contributed by atoms with Gasteiger partial charge in [-0.15, -0.1) is 11.3 Å². The molecule has 0 amide bonds. The summed E-state index contributed by atoms with van der Waals surface area (Å²) < 4.78 is 1.11. The van der Waals surface area contributed by atoms with E-state index >= 15 is 0 Å². The zero-order valence-electron chi connectivity index (χ0n) is 7.59. The minimum Gasteiger partial charge on any atom is -0.308 e. The van der Waals surface area contributed by atoms with Crippen molar-refractivity contribution in [2.24, 2.45) is 5.92 Å². The van der Waals surface area contributed by atoms with Crippen molar-refractivity contribution in [2.45, 2.75) is 25.8 Å². The predicted molar refractivity (Wildman–Crippen MR) is 59.0 cm³/mol. The van der Waals surface area contributed by atoms with Crippen LogP contribution in [0.3, 0.4) is 0 Å². The van der Waals surface area contributed by atoms with Crippen LogP contribution in [0.1, 0.15) is 30.8 Å². The Bertz CT molecular complexity index is 283. The highest BCUT2D eigenvalue weighted by Gasteiger charge is 2.22. The van der Waals surface area contributed by atoms with Gasteiger partial charge in [0.05, 0.1) is 16.0 Å². The lowest BCUT2D eigenvalue weighted by atomic mass is 10.3. The molecule has 1 unspecified atom stereocenters. The zero-order valence-corrected chi connectivity index (χ0v) is 9.99. The van der Waals surface area contributed by atoms with Gasteiger partial charge in [0, 0.05) is 0 Å². The second-order valence-electron chi connectivity index (χ2n) is 3.58. The molecule has 1 aliphatic carbocycles. The highest BCUT2D eigenvalue weighted by atomic mass is 79.9. The van der Waals surface area contributed by atoms with Crippen molar-refractivity contribution < 1.29 is 0 Å². The van der Waals surface area contributed by atoms with Crippen molar-refractivity contribution in [3.05, 3.63) is 15.0 Å². The first kappa shape index (κ1) is 9.62. The van der Waals surface area contributed by atoms with Gasteiger partial charge in [0.1, 0.15) is 5.01 Å². The summed E-state index contributed by atoms with van der Waals surface area (Å²) in [7, 11) is 0. The number of nitrogens with one attached hydrogen (secondary N) is 1. The van der Waals surface area contributed by atoms with Gasteiger partial charge in [0.15, 0.2) is 0 Å². The third-order valence-corrected chi connectivity index (χ3v) is 3.93. The Balaban J connectivity index is 1.84. The molecule has 1 N–H and O–H groups in total. The molecule has 2 rings (SSSR count). The second kappa shape index (κ2) is 4.07. The lowest BCUT2D eigenvalue weighted by molar-refractivity contribution is 0.546. The average Bonchev–Trinajstić information content (AvgIpc) is 2.84. The fourth-order valence-corrected chi connectivity index (χ4v) is 2.49. The Kier molecular flexibility index (Phi) is 3.01. The highest BCUT2D eigenvalue weighted by molar-refractivity contribution is 9.11. The van der Waals surface area contributed by atoms with Crippen LogP contribution >= 0.6 is 27.3 Å². The molecular formula is C9H13BrN2S. The molecule has 0 spiro atoms. The lowest BCUT2D eigenvalue weighted by Gasteiger charge is -2.09. The smallest absolute Gasteiger partial charge is 0.110 e. The largest absolute Gasteiger partial charge is 0.308 e. The Hall–Kier alpha value is 0.0700. The predicted octanol–water partition coefficient (Wildman–Crippen LogP) is 2.97. The van der Waals surface area contributed by atoms with Gasteiger partial charge in [-0.1, -0.05) is 0 Å². The quantitative estimate of drug-likeness (QED) is 0.901. The molecule has 1 fully saturated rings. The van der Waals surface area contributed by atoms with E-state index in [-0.39, 0.29) is 0 Å². The van der Waals surface area contributed by atoms with Gasteiger partial charge < -0.3 is 5.32 Å². The molecule has 0 radical (unpaired) electrons. The van der Waals surface area contributed by atoms with Crippen LogP contribution in [0.2, 0.25) is 0 Å². The minimum absolute atomic E-state index is 0.400. The SMILES string of the molecule is CC(NCC1CC1)c1ncc(Br)s1. The van der Waals surface area contributed by atoms with Crippen LogP contribution in [-0.4, -0.2) is 11.5 Å². The summed E-state index contributed by atoms with van der Waals surface area (Å²) in [5.74, 6) is 0.936. The molecule has 0 bridgehead atoms. The van der Waals surface area contributed by atoms with E-state index in [9.17, 15) is 0 Å². The van der Waals surface area contributed by atoms with Crippen LogP contribution < -0.4 is 5.32 Å². The Morgan fingerprint density at radius 1 is 1.77 bits per heavy atom. The number of thiazole rings is 1. The van der Waals surface area contributed by atoms with Crippen molar-refractivity contribution in [2.75, 3.05) is 6.54 Å². The molecule has 0 saturated heterocycles. The van der Waals surface area contributed by atoms with Crippen LogP contribution in [-0.2, 0) is 0 Å². The molecule has 1 aromatic heterocycles. The molecule has 2 nitrogen and oxygen atoms in total. The van der Waals surface area contributed by atoms with E-state index in [1.165, 1.54) is 17.8 Å². The van der Waals surface area contributed by atoms with Gasteiger partial charge >= 0.3 is 0 Å². The number of rotatable bonds is 4. The molecule has 1 aromatic rings. The monoisotopic (exact) mass is 260 g/mol. The normalized spacial score (nSPS) is 18.9. The van der Waals surface area contributed by atoms with Gasteiger partial charge in [-0.3, -0.25) is 0 Å². The minimum atomic E-state index is 0.400. The summed E-state index contributed by atoms with van der Waals surface area (Å²) in [6, 6.07) is 0.400. The van der Waals surface area contributed by atoms with Crippen LogP contribution in [0, 0.1) is 5.92 Å². The van der Waals surface area contributed by atoms with Crippen molar-refractivity contribution in [3.8, 4) is 0 Å². The number of halogens is 1. The van der Waals surface area contributed by atoms with E-state index in [1.807, 2.05) is 6.20 Å². The first-order chi connectivity index (χ1) is 6.25. The number of hydrogen-bond donors (Lipinski definition) is 1. The number of hydrogen-bond acceptors (Lipinski definition) is 3. The van der Waals surface area contributed by atoms with Gasteiger partial charge in [0.2, 0.25) is 0 Å². The Labute approximate surface area is 90.9 Å². The molecule has 1 saturated carbocycles. The van der Waals surface area contributed by atoms with Gasteiger partial charge in [-0.25, -0.2) is 4.98 Å². The maximum atomic E-state index is 4.32. The first-order valence-electron chi connectivity index (χ1n) is 4.60. The van der Waals surface area contributed by atoms with Crippen molar-refractivity contribution in [3.63, 3.8) is 0 Å². The van der Waals surface area contributed by atoms with E-state index in [1.54, 1.807) is 11.3 Å². The third kappa shape index (κ3) is 2.76. The molecular weight excluding hydrogens is 248 g/mol. The fraction of sp³-hybridized carbons (Fsp3) is 0.667. The topological polar surface area (TPSA) is 24.9 Å². The summed E-state index contributed by atoms with van der Waals surface area (Å²) in [6.07, 6.45) is 4.68. The summed E-state index contributed by atoms with van der Waals surface area (Å²) >= 11 is 5.13. The van der Waals surface area contributed by atoms with Gasteiger partial charge in [0.25, 0.3) is 0 Å². The van der Waals surface area contributed by atoms with E-state index in [2.05, 4.69) is 33.2 Å². The number of aromatic nitrogens is 1. The number of nitrogens with zero attached hydrogens (tertiary/aromatic N) is 1. The first-order valence-corrected chi connectivity index (χ1v) is 6.21. The Morgan fingerprint density at radius 2 is 2.54 bits per heavy atom. The standard InChI is InChI=1S/C9H13BrN2S/c1-6(11-4-7-2-3-7)9-12-5-8(10)13-9/h5-7,11H,2-4H2,1H3. The van der Waals surface area contributed by atoms with E-state index in [4.69, 9.17) is 0 Å². The van der Waals surface area contributed by atoms with E-state index in [0.29, 0.717) is 6.04 Å².